The second-order valence-electron chi connectivity index (χ2n) is 3.59. The van der Waals surface area contributed by atoms with Crippen molar-refractivity contribution in [2.75, 3.05) is 6.54 Å². The molecule has 2 heteroatoms. The molecule has 82 valence electrons. The van der Waals surface area contributed by atoms with Gasteiger partial charge in [0.2, 0.25) is 0 Å². The lowest BCUT2D eigenvalue weighted by atomic mass is 9.99. The maximum atomic E-state index is 5.56. The van der Waals surface area contributed by atoms with Gasteiger partial charge in [-0.3, -0.25) is 0 Å². The molecule has 1 aliphatic rings. The fourth-order valence-corrected chi connectivity index (χ4v) is 1.39. The highest BCUT2D eigenvalue weighted by molar-refractivity contribution is 5.22. The van der Waals surface area contributed by atoms with E-state index in [-0.39, 0.29) is 0 Å². The Hall–Kier alpha value is -0.760. The molecule has 0 radical (unpaired) electrons. The first-order chi connectivity index (χ1) is 6.72. The Morgan fingerprint density at radius 2 is 2.14 bits per heavy atom. The monoisotopic (exact) mass is 196 g/mol. The molecular formula is C12H24N2. The van der Waals surface area contributed by atoms with Crippen LogP contribution >= 0.6 is 0 Å². The molecule has 0 aromatic rings. The van der Waals surface area contributed by atoms with E-state index in [9.17, 15) is 0 Å². The van der Waals surface area contributed by atoms with Crippen LogP contribution in [0.5, 0.6) is 0 Å². The molecule has 0 saturated carbocycles. The molecule has 0 aromatic carbocycles. The Kier molecular flexibility index (Phi) is 7.21. The Balaban J connectivity index is 0.000000791. The first kappa shape index (κ1) is 13.2. The fourth-order valence-electron chi connectivity index (χ4n) is 1.39. The van der Waals surface area contributed by atoms with Crippen molar-refractivity contribution in [2.45, 2.75) is 40.2 Å². The highest BCUT2D eigenvalue weighted by atomic mass is 14.9. The standard InChI is InChI=1S/C10H18N2.C2H6/c1-8-3-4-12-10(5-8)6-9(2)7-11;1-2/h3-5,9-10,12H,6-7,11H2,1-2H3;1-2H3. The van der Waals surface area contributed by atoms with E-state index in [1.807, 2.05) is 20.0 Å². The van der Waals surface area contributed by atoms with E-state index < -0.39 is 0 Å². The second kappa shape index (κ2) is 7.63. The van der Waals surface area contributed by atoms with Crippen molar-refractivity contribution >= 4 is 0 Å². The van der Waals surface area contributed by atoms with Crippen molar-refractivity contribution in [3.05, 3.63) is 23.9 Å². The fraction of sp³-hybridized carbons (Fsp3) is 0.667. The van der Waals surface area contributed by atoms with Crippen LogP contribution in [0.3, 0.4) is 0 Å². The molecule has 0 amide bonds. The van der Waals surface area contributed by atoms with Gasteiger partial charge in [0.05, 0.1) is 0 Å². The van der Waals surface area contributed by atoms with Crippen molar-refractivity contribution < 1.29 is 0 Å². The Bertz CT molecular complexity index is 194. The van der Waals surface area contributed by atoms with E-state index in [2.05, 4.69) is 31.3 Å². The number of rotatable bonds is 3. The largest absolute Gasteiger partial charge is 0.385 e. The van der Waals surface area contributed by atoms with Crippen LogP contribution in [0.25, 0.3) is 0 Å². The highest BCUT2D eigenvalue weighted by Gasteiger charge is 2.09. The van der Waals surface area contributed by atoms with Crippen LogP contribution in [0.2, 0.25) is 0 Å². The minimum absolute atomic E-state index is 0.480. The van der Waals surface area contributed by atoms with E-state index in [0.717, 1.165) is 13.0 Å². The Morgan fingerprint density at radius 1 is 1.50 bits per heavy atom. The third kappa shape index (κ3) is 5.07. The molecule has 1 heterocycles. The van der Waals surface area contributed by atoms with Gasteiger partial charge in [-0.1, -0.05) is 32.4 Å². The van der Waals surface area contributed by atoms with Gasteiger partial charge in [-0.25, -0.2) is 0 Å². The molecule has 0 spiro atoms. The van der Waals surface area contributed by atoms with Gasteiger partial charge in [-0.2, -0.15) is 0 Å². The molecular weight excluding hydrogens is 172 g/mol. The lowest BCUT2D eigenvalue weighted by Crippen LogP contribution is -2.28. The molecule has 0 bridgehead atoms. The van der Waals surface area contributed by atoms with E-state index in [4.69, 9.17) is 5.73 Å². The number of dihydropyridines is 1. The third-order valence-corrected chi connectivity index (χ3v) is 2.18. The topological polar surface area (TPSA) is 38.0 Å². The smallest absolute Gasteiger partial charge is 0.0447 e. The average molecular weight is 196 g/mol. The molecule has 0 aliphatic carbocycles. The summed E-state index contributed by atoms with van der Waals surface area (Å²) in [6.45, 7) is 9.08. The minimum atomic E-state index is 0.480. The maximum absolute atomic E-state index is 5.56. The normalized spacial score (nSPS) is 21.5. The second-order valence-corrected chi connectivity index (χ2v) is 3.59. The van der Waals surface area contributed by atoms with E-state index >= 15 is 0 Å². The summed E-state index contributed by atoms with van der Waals surface area (Å²) < 4.78 is 0. The van der Waals surface area contributed by atoms with Gasteiger partial charge in [0.25, 0.3) is 0 Å². The summed E-state index contributed by atoms with van der Waals surface area (Å²) in [5.41, 5.74) is 6.89. The summed E-state index contributed by atoms with van der Waals surface area (Å²) in [6, 6.07) is 0.480. The summed E-state index contributed by atoms with van der Waals surface area (Å²) in [5.74, 6) is 0.595. The highest BCUT2D eigenvalue weighted by Crippen LogP contribution is 2.11. The van der Waals surface area contributed by atoms with Crippen LogP contribution in [0.1, 0.15) is 34.1 Å². The third-order valence-electron chi connectivity index (χ3n) is 2.18. The molecule has 2 nitrogen and oxygen atoms in total. The summed E-state index contributed by atoms with van der Waals surface area (Å²) in [5, 5.41) is 3.30. The van der Waals surface area contributed by atoms with Crippen LogP contribution in [0.4, 0.5) is 0 Å². The maximum Gasteiger partial charge on any atom is 0.0447 e. The first-order valence-electron chi connectivity index (χ1n) is 5.53. The summed E-state index contributed by atoms with van der Waals surface area (Å²) in [7, 11) is 0. The number of nitrogens with one attached hydrogen (secondary N) is 1. The zero-order chi connectivity index (χ0) is 11.0. The molecule has 1 rings (SSSR count). The Labute approximate surface area is 88.3 Å². The quantitative estimate of drug-likeness (QED) is 0.727. The van der Waals surface area contributed by atoms with Gasteiger partial charge >= 0.3 is 0 Å². The molecule has 0 fully saturated rings. The van der Waals surface area contributed by atoms with E-state index in [1.165, 1.54) is 5.57 Å². The zero-order valence-corrected chi connectivity index (χ0v) is 9.88. The van der Waals surface area contributed by atoms with Crippen LogP contribution in [-0.4, -0.2) is 12.6 Å². The summed E-state index contributed by atoms with van der Waals surface area (Å²) in [4.78, 5) is 0. The molecule has 3 N–H and O–H groups in total. The zero-order valence-electron chi connectivity index (χ0n) is 9.88. The van der Waals surface area contributed by atoms with Crippen molar-refractivity contribution in [3.63, 3.8) is 0 Å². The van der Waals surface area contributed by atoms with Crippen molar-refractivity contribution in [1.29, 1.82) is 0 Å². The lowest BCUT2D eigenvalue weighted by Gasteiger charge is -2.20. The number of allylic oxidation sites excluding steroid dienone is 2. The number of hydrogen-bond donors (Lipinski definition) is 2. The molecule has 14 heavy (non-hydrogen) atoms. The molecule has 1 aliphatic heterocycles. The van der Waals surface area contributed by atoms with Crippen LogP contribution in [-0.2, 0) is 0 Å². The van der Waals surface area contributed by atoms with Gasteiger partial charge in [-0.15, -0.1) is 0 Å². The summed E-state index contributed by atoms with van der Waals surface area (Å²) >= 11 is 0. The van der Waals surface area contributed by atoms with Crippen molar-refractivity contribution in [1.82, 2.24) is 5.32 Å². The Morgan fingerprint density at radius 3 is 2.64 bits per heavy atom. The van der Waals surface area contributed by atoms with Gasteiger partial charge in [0, 0.05) is 6.04 Å². The molecule has 2 unspecified atom stereocenters. The summed E-state index contributed by atoms with van der Waals surface area (Å²) in [6.07, 6.45) is 7.48. The van der Waals surface area contributed by atoms with E-state index in [0.29, 0.717) is 12.0 Å². The molecule has 0 saturated heterocycles. The van der Waals surface area contributed by atoms with E-state index in [1.54, 1.807) is 0 Å². The minimum Gasteiger partial charge on any atom is -0.385 e. The SMILES string of the molecule is CC.CC1=CC(CC(C)CN)NC=C1. The van der Waals surface area contributed by atoms with Gasteiger partial charge in [0.1, 0.15) is 0 Å². The lowest BCUT2D eigenvalue weighted by molar-refractivity contribution is 0.481. The van der Waals surface area contributed by atoms with Crippen molar-refractivity contribution in [2.24, 2.45) is 11.7 Å². The number of nitrogens with two attached hydrogens (primary N) is 1. The first-order valence-corrected chi connectivity index (χ1v) is 5.53. The van der Waals surface area contributed by atoms with Gasteiger partial charge in [0.15, 0.2) is 0 Å². The average Bonchev–Trinajstić information content (AvgIpc) is 2.21. The predicted octanol–water partition coefficient (Wildman–Crippen LogP) is 2.43. The number of hydrogen-bond acceptors (Lipinski definition) is 2. The molecule has 2 atom stereocenters. The van der Waals surface area contributed by atoms with Crippen LogP contribution < -0.4 is 11.1 Å². The van der Waals surface area contributed by atoms with Gasteiger partial charge in [-0.05, 0) is 38.1 Å². The van der Waals surface area contributed by atoms with Gasteiger partial charge < -0.3 is 11.1 Å². The molecule has 0 aromatic heterocycles. The van der Waals surface area contributed by atoms with Crippen LogP contribution in [0.15, 0.2) is 23.9 Å². The van der Waals surface area contributed by atoms with Crippen molar-refractivity contribution in [3.8, 4) is 0 Å². The predicted molar refractivity (Wildman–Crippen MR) is 64.0 cm³/mol. The van der Waals surface area contributed by atoms with Crippen LogP contribution in [0, 0.1) is 5.92 Å².